The SMILES string of the molecule is CC(C)[O-].CC(C)[O-].CCC(=O)NC1CCCC(CC)(CC)C1.CCC(=O)[NH][Ti+2]. The van der Waals surface area contributed by atoms with Gasteiger partial charge in [0.25, 0.3) is 0 Å². The quantitative estimate of drug-likeness (QED) is 0.630. The molecule has 0 aromatic carbocycles. The van der Waals surface area contributed by atoms with E-state index in [1.54, 1.807) is 48.4 Å². The molecule has 29 heavy (non-hydrogen) atoms. The first-order valence-electron chi connectivity index (χ1n) is 11.0. The Hall–Kier alpha value is -0.426. The molecule has 1 fully saturated rings. The first-order chi connectivity index (χ1) is 13.4. The molecule has 0 saturated heterocycles. The molecule has 1 aliphatic rings. The van der Waals surface area contributed by atoms with Gasteiger partial charge in [-0.2, -0.15) is 0 Å². The minimum atomic E-state index is -0.417. The van der Waals surface area contributed by atoms with Gasteiger partial charge in [0, 0.05) is 12.5 Å². The maximum absolute atomic E-state index is 11.4. The van der Waals surface area contributed by atoms with Gasteiger partial charge in [-0.1, -0.05) is 67.7 Å². The summed E-state index contributed by atoms with van der Waals surface area (Å²) in [6, 6.07) is 0.436. The summed E-state index contributed by atoms with van der Waals surface area (Å²) in [4.78, 5) is 21.4. The molecule has 6 nitrogen and oxygen atoms in total. The van der Waals surface area contributed by atoms with E-state index in [9.17, 15) is 19.8 Å². The third-order valence-electron chi connectivity index (χ3n) is 4.59. The van der Waals surface area contributed by atoms with Gasteiger partial charge in [0.15, 0.2) is 0 Å². The van der Waals surface area contributed by atoms with E-state index in [-0.39, 0.29) is 11.8 Å². The van der Waals surface area contributed by atoms with Gasteiger partial charge in [-0.3, -0.25) is 4.79 Å². The molecule has 1 rings (SSSR count). The molecule has 0 aromatic rings. The minimum absolute atomic E-state index is 0.0926. The van der Waals surface area contributed by atoms with Crippen LogP contribution in [0.3, 0.4) is 0 Å². The van der Waals surface area contributed by atoms with Crippen molar-refractivity contribution in [3.05, 3.63) is 0 Å². The third kappa shape index (κ3) is 23.7. The molecule has 171 valence electrons. The number of rotatable bonds is 5. The van der Waals surface area contributed by atoms with Crippen molar-refractivity contribution in [2.24, 2.45) is 5.41 Å². The molecule has 1 saturated carbocycles. The van der Waals surface area contributed by atoms with Crippen molar-refractivity contribution in [2.75, 3.05) is 0 Å². The summed E-state index contributed by atoms with van der Waals surface area (Å²) in [5, 5.41) is 22.2. The van der Waals surface area contributed by atoms with Crippen LogP contribution in [-0.4, -0.2) is 30.1 Å². The number of hydrogen-bond donors (Lipinski definition) is 2. The molecule has 1 aliphatic carbocycles. The fourth-order valence-corrected chi connectivity index (χ4v) is 3.16. The number of amides is 2. The van der Waals surface area contributed by atoms with Crippen LogP contribution in [0.15, 0.2) is 0 Å². The molecule has 0 heterocycles. The van der Waals surface area contributed by atoms with E-state index in [0.717, 1.165) is 0 Å². The first kappa shape index (κ1) is 33.2. The molecule has 2 N–H and O–H groups in total. The Labute approximate surface area is 191 Å². The molecule has 2 amide bonds. The summed E-state index contributed by atoms with van der Waals surface area (Å²) < 4.78 is 2.48. The number of hydrogen-bond acceptors (Lipinski definition) is 4. The molecule has 0 radical (unpaired) electrons. The standard InChI is InChI=1S/C13H25NO.C3H7NO.2C3H7O.Ti/c1-4-12(15)14-11-8-7-9-13(5-2,6-3)10-11;1-2-3(4)5;2*1-3(2)4;/h11H,4-10H2,1-3H3,(H,14,15);2H2,1H3,(H2,4,5);2*3H,1-2H3;/q;;2*-1;+3/p-1. The van der Waals surface area contributed by atoms with Crippen LogP contribution < -0.4 is 19.3 Å². The van der Waals surface area contributed by atoms with E-state index in [4.69, 9.17) is 0 Å². The zero-order chi connectivity index (χ0) is 23.5. The van der Waals surface area contributed by atoms with Crippen molar-refractivity contribution >= 4 is 11.8 Å². The predicted molar refractivity (Wildman–Crippen MR) is 112 cm³/mol. The molecule has 0 spiro atoms. The number of nitrogens with one attached hydrogen (secondary N) is 2. The Morgan fingerprint density at radius 1 is 0.966 bits per heavy atom. The first-order valence-corrected chi connectivity index (χ1v) is 11.8. The van der Waals surface area contributed by atoms with Crippen molar-refractivity contribution < 1.29 is 40.5 Å². The van der Waals surface area contributed by atoms with Crippen LogP contribution >= 0.6 is 0 Å². The van der Waals surface area contributed by atoms with Gasteiger partial charge < -0.3 is 15.5 Å². The van der Waals surface area contributed by atoms with Gasteiger partial charge in [-0.05, 0) is 24.7 Å². The second-order valence-electron chi connectivity index (χ2n) is 7.92. The van der Waals surface area contributed by atoms with Gasteiger partial charge in [-0.15, -0.1) is 12.2 Å². The molecular weight excluding hydrogens is 404 g/mol. The molecule has 1 atom stereocenters. The van der Waals surface area contributed by atoms with Gasteiger partial charge in [0.05, 0.1) is 0 Å². The normalized spacial score (nSPS) is 17.0. The molecule has 0 bridgehead atoms. The summed E-state index contributed by atoms with van der Waals surface area (Å²) in [5.41, 5.74) is 0.504. The summed E-state index contributed by atoms with van der Waals surface area (Å²) in [5.74, 6) is 0.304. The molecule has 1 unspecified atom stereocenters. The third-order valence-corrected chi connectivity index (χ3v) is 5.02. The summed E-state index contributed by atoms with van der Waals surface area (Å²) in [7, 11) is 0. The average Bonchev–Trinajstić information content (AvgIpc) is 2.66. The average molecular weight is 449 g/mol. The van der Waals surface area contributed by atoms with Crippen molar-refractivity contribution in [1.29, 1.82) is 0 Å². The number of carbonyl (C=O) groups is 2. The van der Waals surface area contributed by atoms with Crippen LogP contribution in [0, 0.1) is 5.41 Å². The van der Waals surface area contributed by atoms with Crippen LogP contribution in [0.5, 0.6) is 0 Å². The topological polar surface area (TPSA) is 104 Å². The van der Waals surface area contributed by atoms with Crippen molar-refractivity contribution in [2.45, 2.75) is 125 Å². The van der Waals surface area contributed by atoms with E-state index < -0.39 is 12.2 Å². The molecule has 0 aliphatic heterocycles. The van der Waals surface area contributed by atoms with Crippen molar-refractivity contribution in [1.82, 2.24) is 9.12 Å². The van der Waals surface area contributed by atoms with Crippen molar-refractivity contribution in [3.63, 3.8) is 0 Å². The zero-order valence-corrected chi connectivity index (χ0v) is 21.6. The van der Waals surface area contributed by atoms with E-state index in [2.05, 4.69) is 23.0 Å². The van der Waals surface area contributed by atoms with E-state index in [0.29, 0.717) is 24.3 Å². The summed E-state index contributed by atoms with van der Waals surface area (Å²) >= 11 is 1.63. The van der Waals surface area contributed by atoms with Crippen LogP contribution in [0.4, 0.5) is 0 Å². The van der Waals surface area contributed by atoms with Gasteiger partial charge in [0.2, 0.25) is 5.91 Å². The van der Waals surface area contributed by atoms with Crippen LogP contribution in [0.2, 0.25) is 0 Å². The Balaban J connectivity index is -0.000000397. The predicted octanol–water partition coefficient (Wildman–Crippen LogP) is 2.75. The van der Waals surface area contributed by atoms with E-state index >= 15 is 0 Å². The Bertz CT molecular complexity index is 383. The second-order valence-corrected chi connectivity index (χ2v) is 8.31. The van der Waals surface area contributed by atoms with E-state index in [1.807, 2.05) is 13.8 Å². The monoisotopic (exact) mass is 449 g/mol. The van der Waals surface area contributed by atoms with Gasteiger partial charge in [-0.25, -0.2) is 0 Å². The summed E-state index contributed by atoms with van der Waals surface area (Å²) in [6.45, 7) is 14.8. The van der Waals surface area contributed by atoms with Crippen molar-refractivity contribution in [3.8, 4) is 0 Å². The Kier molecular flexibility index (Phi) is 23.9. The Morgan fingerprint density at radius 3 is 1.66 bits per heavy atom. The fraction of sp³-hybridized carbons (Fsp3) is 0.909. The maximum atomic E-state index is 11.4. The summed E-state index contributed by atoms with van der Waals surface area (Å²) in [6.07, 6.45) is 7.84. The second kappa shape index (κ2) is 20.8. The van der Waals surface area contributed by atoms with Crippen LogP contribution in [0.1, 0.15) is 107 Å². The molecular formula is C22H45N2O4Ti. The Morgan fingerprint density at radius 2 is 1.38 bits per heavy atom. The van der Waals surface area contributed by atoms with Crippen LogP contribution in [-0.2, 0) is 30.3 Å². The van der Waals surface area contributed by atoms with E-state index in [1.165, 1.54) is 38.5 Å². The fourth-order valence-electron chi connectivity index (χ4n) is 2.88. The molecule has 0 aromatic heterocycles. The molecule has 7 heteroatoms. The van der Waals surface area contributed by atoms with Gasteiger partial charge in [0.1, 0.15) is 0 Å². The van der Waals surface area contributed by atoms with Crippen LogP contribution in [0.25, 0.3) is 0 Å². The van der Waals surface area contributed by atoms with Gasteiger partial charge >= 0.3 is 48.5 Å². The number of carbonyl (C=O) groups excluding carboxylic acids is 2. The zero-order valence-electron chi connectivity index (χ0n) is 20.0.